The molecule has 1 rings (SSSR count). The van der Waals surface area contributed by atoms with Gasteiger partial charge >= 0.3 is 5.97 Å². The first-order chi connectivity index (χ1) is 8.88. The topological polar surface area (TPSA) is 149 Å². The molecule has 19 heavy (non-hydrogen) atoms. The molecule has 1 aromatic heterocycles. The Bertz CT molecular complexity index is 492. The van der Waals surface area contributed by atoms with Crippen LogP contribution in [0.4, 0.5) is 11.5 Å². The first kappa shape index (κ1) is 14.8. The van der Waals surface area contributed by atoms with E-state index >= 15 is 0 Å². The molecule has 0 aliphatic heterocycles. The number of carbonyl (C=O) groups excluding carboxylic acids is 1. The summed E-state index contributed by atoms with van der Waals surface area (Å²) in [5.41, 5.74) is 4.81. The molecule has 0 bridgehead atoms. The minimum atomic E-state index is -1.90. The zero-order valence-corrected chi connectivity index (χ0v) is 10.0. The van der Waals surface area contributed by atoms with Crippen LogP contribution in [0.1, 0.15) is 18.6 Å². The average molecular weight is 271 g/mol. The van der Waals surface area contributed by atoms with Crippen LogP contribution < -0.4 is 5.73 Å². The van der Waals surface area contributed by atoms with Gasteiger partial charge in [0.2, 0.25) is 0 Å². The monoisotopic (exact) mass is 271 g/mol. The highest BCUT2D eigenvalue weighted by Crippen LogP contribution is 2.26. The van der Waals surface area contributed by atoms with Gasteiger partial charge in [0, 0.05) is 11.6 Å². The molecule has 9 heteroatoms. The zero-order chi connectivity index (χ0) is 14.6. The summed E-state index contributed by atoms with van der Waals surface area (Å²) in [6.07, 6.45) is -2.75. The first-order valence-corrected chi connectivity index (χ1v) is 5.31. The van der Waals surface area contributed by atoms with Crippen LogP contribution >= 0.6 is 0 Å². The highest BCUT2D eigenvalue weighted by atomic mass is 16.6. The van der Waals surface area contributed by atoms with E-state index in [9.17, 15) is 25.1 Å². The lowest BCUT2D eigenvalue weighted by atomic mass is 10.0. The summed E-state index contributed by atoms with van der Waals surface area (Å²) in [6.45, 7) is 1.55. The molecule has 1 aromatic rings. The molecule has 0 fully saturated rings. The van der Waals surface area contributed by atoms with Crippen molar-refractivity contribution >= 4 is 17.5 Å². The molecule has 0 radical (unpaired) electrons. The molecule has 4 N–H and O–H groups in total. The van der Waals surface area contributed by atoms with Crippen LogP contribution in [0.2, 0.25) is 0 Å². The number of aliphatic hydroxyl groups is 2. The van der Waals surface area contributed by atoms with Crippen molar-refractivity contribution < 1.29 is 24.7 Å². The molecule has 2 atom stereocenters. The Labute approximate surface area is 107 Å². The number of nitrogen functional groups attached to an aromatic ring is 1. The molecule has 0 spiro atoms. The minimum Gasteiger partial charge on any atom is -0.464 e. The van der Waals surface area contributed by atoms with E-state index < -0.39 is 28.8 Å². The molecule has 0 amide bonds. The quantitative estimate of drug-likeness (QED) is 0.369. The number of anilines is 1. The van der Waals surface area contributed by atoms with Gasteiger partial charge in [-0.1, -0.05) is 0 Å². The Balaban J connectivity index is 3.04. The molecular formula is C10H13N3O6. The number of ether oxygens (including phenoxy) is 1. The molecule has 0 saturated carbocycles. The second kappa shape index (κ2) is 6.07. The van der Waals surface area contributed by atoms with Crippen molar-refractivity contribution in [2.24, 2.45) is 0 Å². The van der Waals surface area contributed by atoms with Crippen LogP contribution in [0.3, 0.4) is 0 Å². The van der Waals surface area contributed by atoms with E-state index in [0.29, 0.717) is 0 Å². The third kappa shape index (κ3) is 3.36. The van der Waals surface area contributed by atoms with Crippen molar-refractivity contribution in [3.63, 3.8) is 0 Å². The van der Waals surface area contributed by atoms with Gasteiger partial charge in [-0.3, -0.25) is 10.1 Å². The summed E-state index contributed by atoms with van der Waals surface area (Å²) < 4.78 is 4.52. The maximum absolute atomic E-state index is 11.3. The Kier molecular flexibility index (Phi) is 4.73. The van der Waals surface area contributed by atoms with Gasteiger partial charge in [0.05, 0.1) is 11.5 Å². The Hall–Kier alpha value is -2.26. The van der Waals surface area contributed by atoms with Crippen molar-refractivity contribution in [3.8, 4) is 0 Å². The van der Waals surface area contributed by atoms with Crippen molar-refractivity contribution in [2.75, 3.05) is 12.3 Å². The van der Waals surface area contributed by atoms with E-state index in [1.807, 2.05) is 0 Å². The fraction of sp³-hybridized carbons (Fsp3) is 0.400. The lowest BCUT2D eigenvalue weighted by Gasteiger charge is -2.17. The normalized spacial score (nSPS) is 13.6. The summed E-state index contributed by atoms with van der Waals surface area (Å²) in [4.78, 5) is 24.6. The van der Waals surface area contributed by atoms with Crippen LogP contribution in [0.25, 0.3) is 0 Å². The van der Waals surface area contributed by atoms with Gasteiger partial charge in [0.25, 0.3) is 5.69 Å². The fourth-order valence-electron chi connectivity index (χ4n) is 1.34. The number of nitrogens with two attached hydrogens (primary N) is 1. The van der Waals surface area contributed by atoms with Crippen LogP contribution in [-0.2, 0) is 9.53 Å². The van der Waals surface area contributed by atoms with Gasteiger partial charge < -0.3 is 20.7 Å². The molecule has 0 aliphatic carbocycles. The second-order valence-electron chi connectivity index (χ2n) is 3.57. The van der Waals surface area contributed by atoms with Gasteiger partial charge in [-0.2, -0.15) is 0 Å². The number of hydrogen-bond donors (Lipinski definition) is 3. The van der Waals surface area contributed by atoms with Gasteiger partial charge in [0.15, 0.2) is 6.10 Å². The van der Waals surface area contributed by atoms with Crippen molar-refractivity contribution in [1.82, 2.24) is 4.98 Å². The van der Waals surface area contributed by atoms with E-state index in [1.54, 1.807) is 0 Å². The maximum Gasteiger partial charge on any atom is 0.338 e. The number of nitrogens with zero attached hydrogens (tertiary/aromatic N) is 2. The number of aliphatic hydroxyl groups excluding tert-OH is 2. The van der Waals surface area contributed by atoms with Gasteiger partial charge in [-0.25, -0.2) is 9.78 Å². The fourth-order valence-corrected chi connectivity index (χ4v) is 1.34. The van der Waals surface area contributed by atoms with Crippen molar-refractivity contribution in [2.45, 2.75) is 19.1 Å². The lowest BCUT2D eigenvalue weighted by molar-refractivity contribution is -0.385. The van der Waals surface area contributed by atoms with Crippen molar-refractivity contribution in [3.05, 3.63) is 27.9 Å². The van der Waals surface area contributed by atoms with Gasteiger partial charge in [-0.15, -0.1) is 0 Å². The molecule has 9 nitrogen and oxygen atoms in total. The Morgan fingerprint density at radius 2 is 2.26 bits per heavy atom. The van der Waals surface area contributed by atoms with Crippen LogP contribution in [0.5, 0.6) is 0 Å². The summed E-state index contributed by atoms with van der Waals surface area (Å²) in [5.74, 6) is -1.28. The third-order valence-corrected chi connectivity index (χ3v) is 2.29. The average Bonchev–Trinajstić information content (AvgIpc) is 2.37. The number of esters is 1. The number of rotatable bonds is 5. The molecule has 0 aliphatic rings. The van der Waals surface area contributed by atoms with Gasteiger partial charge in [0.1, 0.15) is 18.1 Å². The minimum absolute atomic E-state index is 0.0191. The molecule has 1 heterocycles. The maximum atomic E-state index is 11.3. The smallest absolute Gasteiger partial charge is 0.338 e. The van der Waals surface area contributed by atoms with E-state index in [0.717, 1.165) is 12.3 Å². The van der Waals surface area contributed by atoms with E-state index in [-0.39, 0.29) is 18.0 Å². The standard InChI is InChI=1S/C10H13N3O6/c1-2-19-10(16)8(15)7(14)6-3-5(13(17)18)4-12-9(6)11/h3-4,7-8,14-15H,2H2,1H3,(H2,11,12). The summed E-state index contributed by atoms with van der Waals surface area (Å²) in [7, 11) is 0. The number of carbonyl (C=O) groups is 1. The summed E-state index contributed by atoms with van der Waals surface area (Å²) in [6, 6.07) is 0.940. The highest BCUT2D eigenvalue weighted by molar-refractivity contribution is 5.75. The van der Waals surface area contributed by atoms with Crippen LogP contribution in [0, 0.1) is 10.1 Å². The van der Waals surface area contributed by atoms with E-state index in [4.69, 9.17) is 5.73 Å². The molecular weight excluding hydrogens is 258 g/mol. The first-order valence-electron chi connectivity index (χ1n) is 5.31. The molecule has 0 saturated heterocycles. The van der Waals surface area contributed by atoms with Gasteiger partial charge in [-0.05, 0) is 6.92 Å². The highest BCUT2D eigenvalue weighted by Gasteiger charge is 2.30. The van der Waals surface area contributed by atoms with Crippen molar-refractivity contribution in [1.29, 1.82) is 0 Å². The predicted molar refractivity (Wildman–Crippen MR) is 62.9 cm³/mol. The number of nitro groups is 1. The largest absolute Gasteiger partial charge is 0.464 e. The van der Waals surface area contributed by atoms with Crippen LogP contribution in [-0.4, -0.2) is 38.8 Å². The summed E-state index contributed by atoms with van der Waals surface area (Å²) in [5, 5.41) is 29.9. The predicted octanol–water partition coefficient (Wildman–Crippen LogP) is -0.471. The van der Waals surface area contributed by atoms with E-state index in [2.05, 4.69) is 9.72 Å². The SMILES string of the molecule is CCOC(=O)C(O)C(O)c1cc([N+](=O)[O-])cnc1N. The number of hydrogen-bond acceptors (Lipinski definition) is 8. The number of pyridine rings is 1. The molecule has 104 valence electrons. The Morgan fingerprint density at radius 1 is 1.63 bits per heavy atom. The Morgan fingerprint density at radius 3 is 2.79 bits per heavy atom. The van der Waals surface area contributed by atoms with Crippen LogP contribution in [0.15, 0.2) is 12.3 Å². The summed E-state index contributed by atoms with van der Waals surface area (Å²) >= 11 is 0. The zero-order valence-electron chi connectivity index (χ0n) is 10.0. The second-order valence-corrected chi connectivity index (χ2v) is 3.57. The molecule has 0 aromatic carbocycles. The third-order valence-electron chi connectivity index (χ3n) is 2.29. The molecule has 2 unspecified atom stereocenters. The lowest BCUT2D eigenvalue weighted by Crippen LogP contribution is -2.30. The van der Waals surface area contributed by atoms with E-state index in [1.165, 1.54) is 6.92 Å². The number of aromatic nitrogens is 1.